The van der Waals surface area contributed by atoms with Crippen LogP contribution in [0.2, 0.25) is 0 Å². The number of rotatable bonds is 8. The number of carbonyl (C=O) groups is 1. The number of alkyl halides is 2. The molecule has 1 saturated heterocycles. The van der Waals surface area contributed by atoms with Crippen molar-refractivity contribution >= 4 is 17.6 Å². The molecule has 0 spiro atoms. The summed E-state index contributed by atoms with van der Waals surface area (Å²) in [7, 11) is 0. The zero-order valence-corrected chi connectivity index (χ0v) is 20.5. The molecule has 32 heavy (non-hydrogen) atoms. The Labute approximate surface area is 192 Å². The molecule has 184 valence electrons. The molecule has 2 fully saturated rings. The molecule has 1 saturated carbocycles. The van der Waals surface area contributed by atoms with Crippen LogP contribution in [0.1, 0.15) is 86.0 Å². The van der Waals surface area contributed by atoms with Gasteiger partial charge in [0.1, 0.15) is 5.84 Å². The van der Waals surface area contributed by atoms with Crippen LogP contribution in [0, 0.1) is 22.7 Å². The van der Waals surface area contributed by atoms with Crippen molar-refractivity contribution in [1.82, 2.24) is 15.1 Å². The second-order valence-corrected chi connectivity index (χ2v) is 10.0. The Hall–Kier alpha value is -1.57. The maximum atomic E-state index is 13.3. The molecule has 1 aliphatic carbocycles. The number of hydrogen-bond donors (Lipinski definition) is 3. The van der Waals surface area contributed by atoms with Crippen molar-refractivity contribution in [3.05, 3.63) is 0 Å². The fourth-order valence-electron chi connectivity index (χ4n) is 5.30. The highest BCUT2D eigenvalue weighted by molar-refractivity contribution is 5.98. The van der Waals surface area contributed by atoms with E-state index in [9.17, 15) is 13.6 Å². The first-order valence-corrected chi connectivity index (χ1v) is 12.3. The Morgan fingerprint density at radius 3 is 2.38 bits per heavy atom. The first-order valence-electron chi connectivity index (χ1n) is 12.3. The van der Waals surface area contributed by atoms with Crippen molar-refractivity contribution in [1.29, 1.82) is 10.8 Å². The first kappa shape index (κ1) is 26.7. The maximum absolute atomic E-state index is 13.3. The van der Waals surface area contributed by atoms with Crippen LogP contribution in [0.25, 0.3) is 0 Å². The number of amides is 1. The van der Waals surface area contributed by atoms with Crippen molar-refractivity contribution in [2.24, 2.45) is 11.8 Å². The van der Waals surface area contributed by atoms with Gasteiger partial charge in [0, 0.05) is 55.9 Å². The highest BCUT2D eigenvalue weighted by Gasteiger charge is 2.38. The summed E-state index contributed by atoms with van der Waals surface area (Å²) in [5.74, 6) is -1.92. The van der Waals surface area contributed by atoms with E-state index in [1.54, 1.807) is 6.92 Å². The molecule has 1 amide bonds. The van der Waals surface area contributed by atoms with Gasteiger partial charge in [0.15, 0.2) is 0 Å². The number of carbonyl (C=O) groups excluding carboxylic acids is 1. The van der Waals surface area contributed by atoms with E-state index < -0.39 is 5.92 Å². The normalized spacial score (nSPS) is 26.7. The number of hydrogen-bond acceptors (Lipinski definition) is 4. The van der Waals surface area contributed by atoms with E-state index >= 15 is 0 Å². The quantitative estimate of drug-likeness (QED) is 0.277. The highest BCUT2D eigenvalue weighted by Crippen LogP contribution is 2.36. The zero-order valence-electron chi connectivity index (χ0n) is 20.5. The average molecular weight is 456 g/mol. The molecule has 0 aromatic rings. The van der Waals surface area contributed by atoms with Crippen LogP contribution in [0.5, 0.6) is 0 Å². The lowest BCUT2D eigenvalue weighted by atomic mass is 9.86. The van der Waals surface area contributed by atoms with Gasteiger partial charge in [-0.15, -0.1) is 0 Å². The lowest BCUT2D eigenvalue weighted by Crippen LogP contribution is -2.56. The van der Waals surface area contributed by atoms with Crippen molar-refractivity contribution in [2.45, 2.75) is 110 Å². The number of amidine groups is 2. The van der Waals surface area contributed by atoms with Crippen molar-refractivity contribution in [2.75, 3.05) is 13.1 Å². The van der Waals surface area contributed by atoms with Gasteiger partial charge in [0.25, 0.3) is 0 Å². The van der Waals surface area contributed by atoms with Gasteiger partial charge in [0.2, 0.25) is 11.8 Å². The van der Waals surface area contributed by atoms with Crippen LogP contribution in [0.3, 0.4) is 0 Å². The Morgan fingerprint density at radius 1 is 1.22 bits per heavy atom. The predicted octanol–water partition coefficient (Wildman–Crippen LogP) is 4.88. The van der Waals surface area contributed by atoms with Crippen molar-refractivity contribution in [3.63, 3.8) is 0 Å². The number of nitrogens with one attached hydrogen (secondary N) is 3. The maximum Gasteiger partial charge on any atom is 0.248 e. The number of nitrogens with zero attached hydrogens (tertiary/aromatic N) is 2. The molecule has 3 unspecified atom stereocenters. The van der Waals surface area contributed by atoms with E-state index in [1.807, 2.05) is 18.7 Å². The summed E-state index contributed by atoms with van der Waals surface area (Å²) in [6.45, 7) is 11.6. The largest absolute Gasteiger partial charge is 0.356 e. The smallest absolute Gasteiger partial charge is 0.248 e. The fourth-order valence-corrected chi connectivity index (χ4v) is 5.30. The van der Waals surface area contributed by atoms with Gasteiger partial charge in [-0.2, -0.15) is 0 Å². The van der Waals surface area contributed by atoms with Crippen LogP contribution in [0.15, 0.2) is 0 Å². The minimum atomic E-state index is -2.60. The van der Waals surface area contributed by atoms with Gasteiger partial charge < -0.3 is 10.2 Å². The van der Waals surface area contributed by atoms with E-state index in [-0.39, 0.29) is 49.5 Å². The monoisotopic (exact) mass is 455 g/mol. The van der Waals surface area contributed by atoms with Gasteiger partial charge in [-0.1, -0.05) is 20.8 Å². The molecular weight excluding hydrogens is 412 g/mol. The topological polar surface area (TPSA) is 83.3 Å². The second kappa shape index (κ2) is 11.5. The molecule has 3 atom stereocenters. The van der Waals surface area contributed by atoms with Crippen molar-refractivity contribution in [3.8, 4) is 0 Å². The third-order valence-corrected chi connectivity index (χ3v) is 7.18. The molecule has 0 radical (unpaired) electrons. The van der Waals surface area contributed by atoms with E-state index in [4.69, 9.17) is 10.8 Å². The summed E-state index contributed by atoms with van der Waals surface area (Å²) in [6.07, 6.45) is 3.84. The minimum absolute atomic E-state index is 0.0800. The van der Waals surface area contributed by atoms with Crippen molar-refractivity contribution < 1.29 is 13.6 Å². The van der Waals surface area contributed by atoms with Crippen LogP contribution in [0.4, 0.5) is 8.78 Å². The number of likely N-dealkylation sites (tertiary alicyclic amines) is 1. The van der Waals surface area contributed by atoms with Crippen LogP contribution < -0.4 is 5.32 Å². The molecule has 0 aromatic heterocycles. The predicted molar refractivity (Wildman–Crippen MR) is 126 cm³/mol. The third-order valence-electron chi connectivity index (χ3n) is 7.18. The highest BCUT2D eigenvalue weighted by atomic mass is 19.3. The molecule has 1 aliphatic heterocycles. The third kappa shape index (κ3) is 6.96. The van der Waals surface area contributed by atoms with Gasteiger partial charge in [0.05, 0.1) is 5.84 Å². The second-order valence-electron chi connectivity index (χ2n) is 10.0. The number of piperidine rings is 1. The summed E-state index contributed by atoms with van der Waals surface area (Å²) in [4.78, 5) is 16.7. The lowest BCUT2D eigenvalue weighted by molar-refractivity contribution is -0.129. The Balaban J connectivity index is 1.85. The molecule has 1 heterocycles. The molecule has 3 N–H and O–H groups in total. The Kier molecular flexibility index (Phi) is 9.61. The Morgan fingerprint density at radius 2 is 1.84 bits per heavy atom. The molecular formula is C24H43F2N5O. The van der Waals surface area contributed by atoms with Crippen LogP contribution in [-0.4, -0.2) is 64.5 Å². The molecule has 6 nitrogen and oxygen atoms in total. The molecule has 0 aromatic carbocycles. The fraction of sp³-hybridized carbons (Fsp3) is 0.875. The Bertz CT molecular complexity index is 659. The van der Waals surface area contributed by atoms with Crippen LogP contribution in [-0.2, 0) is 4.79 Å². The zero-order chi connectivity index (χ0) is 24.1. The molecule has 8 heteroatoms. The van der Waals surface area contributed by atoms with Gasteiger partial charge in [-0.05, 0) is 52.4 Å². The minimum Gasteiger partial charge on any atom is -0.356 e. The van der Waals surface area contributed by atoms with Gasteiger partial charge >= 0.3 is 0 Å². The van der Waals surface area contributed by atoms with E-state index in [2.05, 4.69) is 24.1 Å². The lowest BCUT2D eigenvalue weighted by Gasteiger charge is -2.48. The standard InChI is InChI=1S/C24H43F2N5O/c1-6-20-15-21(31(18(5)27)22(28)16(2)3)14-17(4)30(20)13-7-12-29-23(32)19-8-10-24(25,26)11-9-19/h16-17,19-21,27-28H,6-15H2,1-5H3,(H,29,32). The molecule has 2 aliphatic rings. The van der Waals surface area contributed by atoms with Crippen LogP contribution >= 0.6 is 0 Å². The first-order chi connectivity index (χ1) is 15.0. The SMILES string of the molecule is CCC1CC(N(C(C)=N)C(=N)C(C)C)CC(C)N1CCCNC(=O)C1CCC(F)(F)CC1. The number of halogens is 2. The van der Waals surface area contributed by atoms with Gasteiger partial charge in [-0.3, -0.25) is 20.5 Å². The van der Waals surface area contributed by atoms with E-state index in [0.717, 1.165) is 32.2 Å². The summed E-state index contributed by atoms with van der Waals surface area (Å²) in [6, 6.07) is 0.876. The molecule has 0 bridgehead atoms. The summed E-state index contributed by atoms with van der Waals surface area (Å²) < 4.78 is 26.6. The van der Waals surface area contributed by atoms with Gasteiger partial charge in [-0.25, -0.2) is 8.78 Å². The van der Waals surface area contributed by atoms with E-state index in [0.29, 0.717) is 30.3 Å². The summed E-state index contributed by atoms with van der Waals surface area (Å²) in [5, 5.41) is 19.7. The molecule has 2 rings (SSSR count). The average Bonchev–Trinajstić information content (AvgIpc) is 2.71. The summed E-state index contributed by atoms with van der Waals surface area (Å²) >= 11 is 0. The van der Waals surface area contributed by atoms with E-state index in [1.165, 1.54) is 0 Å². The summed E-state index contributed by atoms with van der Waals surface area (Å²) in [5.41, 5.74) is 0.